The predicted molar refractivity (Wildman–Crippen MR) is 147 cm³/mol. The van der Waals surface area contributed by atoms with Crippen molar-refractivity contribution in [1.82, 2.24) is 0 Å². The van der Waals surface area contributed by atoms with Gasteiger partial charge in [-0.3, -0.25) is 0 Å². The molecule has 0 aromatic heterocycles. The van der Waals surface area contributed by atoms with E-state index in [1.807, 2.05) is 19.1 Å². The smallest absolute Gasteiger partial charge is 0.126 e. The first-order valence-electron chi connectivity index (χ1n) is 14.6. The molecule has 0 bridgehead atoms. The number of hydrogen-bond donors (Lipinski definition) is 0. The Kier molecular flexibility index (Phi) is 8.11. The SMILES string of the molecule is C=CC1CCC(c2ccc(C3CCC(C4CCC(c5ccc(CC)c(F)c5)CC4)CC3)cc2)CC1. The Bertz CT molecular complexity index is 949. The summed E-state index contributed by atoms with van der Waals surface area (Å²) in [6, 6.07) is 15.8. The summed E-state index contributed by atoms with van der Waals surface area (Å²) < 4.78 is 14.3. The second-order valence-corrected chi connectivity index (χ2v) is 11.9. The Morgan fingerprint density at radius 1 is 0.657 bits per heavy atom. The fourth-order valence-corrected chi connectivity index (χ4v) is 7.68. The van der Waals surface area contributed by atoms with Crippen molar-refractivity contribution in [2.24, 2.45) is 17.8 Å². The van der Waals surface area contributed by atoms with Crippen LogP contribution in [-0.4, -0.2) is 0 Å². The Morgan fingerprint density at radius 2 is 1.09 bits per heavy atom. The maximum atomic E-state index is 14.3. The standard InChI is InChI=1S/C34H45F/c1-3-24-5-7-26(8-6-24)27-10-12-28(13-11-27)29-14-16-30(17-15-29)31-18-20-32(21-19-31)33-22-9-25(4-2)34(35)23-33/h3,9-13,22-24,26,29-32H,1,4-8,14-21H2,2H3. The van der Waals surface area contributed by atoms with Crippen molar-refractivity contribution in [2.45, 2.75) is 108 Å². The van der Waals surface area contributed by atoms with Gasteiger partial charge in [-0.25, -0.2) is 4.39 Å². The summed E-state index contributed by atoms with van der Waals surface area (Å²) in [5, 5.41) is 0. The van der Waals surface area contributed by atoms with Gasteiger partial charge in [-0.15, -0.1) is 6.58 Å². The Balaban J connectivity index is 1.09. The van der Waals surface area contributed by atoms with Crippen LogP contribution in [-0.2, 0) is 6.42 Å². The molecule has 0 N–H and O–H groups in total. The summed E-state index contributed by atoms with van der Waals surface area (Å²) in [5.74, 6) is 4.61. The molecule has 5 rings (SSSR count). The van der Waals surface area contributed by atoms with Crippen LogP contribution in [0.2, 0.25) is 0 Å². The van der Waals surface area contributed by atoms with Gasteiger partial charge in [0.25, 0.3) is 0 Å². The highest BCUT2D eigenvalue weighted by atomic mass is 19.1. The van der Waals surface area contributed by atoms with Gasteiger partial charge in [0.05, 0.1) is 0 Å². The molecule has 2 aromatic rings. The van der Waals surface area contributed by atoms with E-state index in [1.54, 1.807) is 11.1 Å². The van der Waals surface area contributed by atoms with Crippen molar-refractivity contribution in [1.29, 1.82) is 0 Å². The first kappa shape index (κ1) is 24.8. The number of hydrogen-bond acceptors (Lipinski definition) is 0. The molecule has 0 amide bonds. The molecule has 0 heterocycles. The number of rotatable bonds is 6. The van der Waals surface area contributed by atoms with Crippen LogP contribution in [0.25, 0.3) is 0 Å². The first-order chi connectivity index (χ1) is 17.1. The van der Waals surface area contributed by atoms with Crippen LogP contribution >= 0.6 is 0 Å². The van der Waals surface area contributed by atoms with Crippen molar-refractivity contribution in [3.63, 3.8) is 0 Å². The van der Waals surface area contributed by atoms with Gasteiger partial charge in [0.2, 0.25) is 0 Å². The zero-order valence-electron chi connectivity index (χ0n) is 21.9. The van der Waals surface area contributed by atoms with Crippen LogP contribution in [0.4, 0.5) is 4.39 Å². The highest BCUT2D eigenvalue weighted by Gasteiger charge is 2.32. The van der Waals surface area contributed by atoms with Gasteiger partial charge in [0.1, 0.15) is 5.82 Å². The fraction of sp³-hybridized carbons (Fsp3) is 0.588. The van der Waals surface area contributed by atoms with Gasteiger partial charge in [-0.2, -0.15) is 0 Å². The van der Waals surface area contributed by atoms with Crippen LogP contribution in [0.1, 0.15) is 124 Å². The monoisotopic (exact) mass is 472 g/mol. The van der Waals surface area contributed by atoms with Crippen LogP contribution in [0.15, 0.2) is 55.1 Å². The molecular weight excluding hydrogens is 427 g/mol. The Labute approximate surface area is 213 Å². The van der Waals surface area contributed by atoms with E-state index in [2.05, 4.69) is 43.0 Å². The number of aryl methyl sites for hydroxylation is 1. The molecule has 35 heavy (non-hydrogen) atoms. The third kappa shape index (κ3) is 5.76. The highest BCUT2D eigenvalue weighted by Crippen LogP contribution is 2.46. The molecule has 3 aliphatic rings. The average molecular weight is 473 g/mol. The highest BCUT2D eigenvalue weighted by molar-refractivity contribution is 5.29. The van der Waals surface area contributed by atoms with Gasteiger partial charge in [-0.1, -0.05) is 49.4 Å². The van der Waals surface area contributed by atoms with E-state index in [4.69, 9.17) is 0 Å². The molecule has 0 radical (unpaired) electrons. The lowest BCUT2D eigenvalue weighted by atomic mass is 9.67. The molecule has 3 saturated carbocycles. The number of benzene rings is 2. The molecule has 1 heteroatoms. The van der Waals surface area contributed by atoms with Crippen molar-refractivity contribution in [3.8, 4) is 0 Å². The Hall–Kier alpha value is -1.89. The van der Waals surface area contributed by atoms with E-state index in [0.717, 1.165) is 41.6 Å². The fourth-order valence-electron chi connectivity index (χ4n) is 7.68. The minimum atomic E-state index is -0.00134. The summed E-state index contributed by atoms with van der Waals surface area (Å²) in [6.07, 6.45) is 18.9. The van der Waals surface area contributed by atoms with Crippen LogP contribution in [0.3, 0.4) is 0 Å². The molecule has 0 unspecified atom stereocenters. The van der Waals surface area contributed by atoms with Crippen LogP contribution < -0.4 is 0 Å². The minimum Gasteiger partial charge on any atom is -0.207 e. The lowest BCUT2D eigenvalue weighted by molar-refractivity contribution is 0.177. The summed E-state index contributed by atoms with van der Waals surface area (Å²) in [5.41, 5.74) is 5.22. The minimum absolute atomic E-state index is 0.00134. The van der Waals surface area contributed by atoms with E-state index >= 15 is 0 Å². The molecule has 2 aromatic carbocycles. The molecule has 0 atom stereocenters. The molecule has 0 nitrogen and oxygen atoms in total. The molecule has 188 valence electrons. The summed E-state index contributed by atoms with van der Waals surface area (Å²) in [4.78, 5) is 0. The zero-order chi connectivity index (χ0) is 24.2. The quantitative estimate of drug-likeness (QED) is 0.367. The maximum Gasteiger partial charge on any atom is 0.126 e. The molecule has 0 spiro atoms. The maximum absolute atomic E-state index is 14.3. The van der Waals surface area contributed by atoms with Gasteiger partial charge in [-0.05, 0) is 147 Å². The normalized spacial score (nSPS) is 31.7. The average Bonchev–Trinajstić information content (AvgIpc) is 2.93. The van der Waals surface area contributed by atoms with Gasteiger partial charge in [0.15, 0.2) is 0 Å². The molecule has 0 saturated heterocycles. The van der Waals surface area contributed by atoms with Crippen molar-refractivity contribution < 1.29 is 4.39 Å². The van der Waals surface area contributed by atoms with E-state index in [1.165, 1.54) is 82.6 Å². The van der Waals surface area contributed by atoms with Crippen molar-refractivity contribution in [3.05, 3.63) is 83.2 Å². The van der Waals surface area contributed by atoms with Crippen LogP contribution in [0, 0.1) is 23.6 Å². The summed E-state index contributed by atoms with van der Waals surface area (Å²) >= 11 is 0. The lowest BCUT2D eigenvalue weighted by Crippen LogP contribution is -2.25. The third-order valence-corrected chi connectivity index (χ3v) is 10.1. The van der Waals surface area contributed by atoms with E-state index in [-0.39, 0.29) is 5.82 Å². The molecule has 3 fully saturated rings. The van der Waals surface area contributed by atoms with Gasteiger partial charge < -0.3 is 0 Å². The molecule has 3 aliphatic carbocycles. The lowest BCUT2D eigenvalue weighted by Gasteiger charge is -2.38. The number of halogens is 1. The summed E-state index contributed by atoms with van der Waals surface area (Å²) in [6.45, 7) is 6.02. The topological polar surface area (TPSA) is 0 Å². The predicted octanol–water partition coefficient (Wildman–Crippen LogP) is 10.1. The van der Waals surface area contributed by atoms with Crippen LogP contribution in [0.5, 0.6) is 0 Å². The first-order valence-corrected chi connectivity index (χ1v) is 14.6. The Morgan fingerprint density at radius 3 is 1.51 bits per heavy atom. The number of allylic oxidation sites excluding steroid dienone is 1. The largest absolute Gasteiger partial charge is 0.207 e. The van der Waals surface area contributed by atoms with Gasteiger partial charge >= 0.3 is 0 Å². The molecule has 0 aliphatic heterocycles. The summed E-state index contributed by atoms with van der Waals surface area (Å²) in [7, 11) is 0. The van der Waals surface area contributed by atoms with E-state index in [9.17, 15) is 4.39 Å². The van der Waals surface area contributed by atoms with E-state index in [0.29, 0.717) is 5.92 Å². The molecular formula is C34H45F. The third-order valence-electron chi connectivity index (χ3n) is 10.1. The van der Waals surface area contributed by atoms with Gasteiger partial charge in [0, 0.05) is 0 Å². The zero-order valence-corrected chi connectivity index (χ0v) is 21.9. The van der Waals surface area contributed by atoms with E-state index < -0.39 is 0 Å². The second kappa shape index (κ2) is 11.4. The van der Waals surface area contributed by atoms with Crippen molar-refractivity contribution >= 4 is 0 Å². The second-order valence-electron chi connectivity index (χ2n) is 11.9. The van der Waals surface area contributed by atoms with Crippen molar-refractivity contribution in [2.75, 3.05) is 0 Å².